The Morgan fingerprint density at radius 1 is 1.17 bits per heavy atom. The highest BCUT2D eigenvalue weighted by Gasteiger charge is 2.28. The summed E-state index contributed by atoms with van der Waals surface area (Å²) >= 11 is 0. The van der Waals surface area contributed by atoms with Gasteiger partial charge in [-0.15, -0.1) is 0 Å². The second-order valence-electron chi connectivity index (χ2n) is 6.24. The molecule has 0 amide bonds. The Morgan fingerprint density at radius 2 is 1.83 bits per heavy atom. The van der Waals surface area contributed by atoms with Gasteiger partial charge in [-0.2, -0.15) is 18.2 Å². The van der Waals surface area contributed by atoms with Crippen LogP contribution in [0.5, 0.6) is 17.6 Å². The zero-order valence-electron chi connectivity index (χ0n) is 16.3. The number of benzene rings is 1. The third-order valence-corrected chi connectivity index (χ3v) is 4.00. The summed E-state index contributed by atoms with van der Waals surface area (Å²) in [7, 11) is 1.58. The predicted molar refractivity (Wildman–Crippen MR) is 100 cm³/mol. The number of rotatable bonds is 6. The molecule has 0 radical (unpaired) electrons. The first-order valence-electron chi connectivity index (χ1n) is 8.84. The highest BCUT2D eigenvalue weighted by molar-refractivity contribution is 5.80. The number of halogens is 3. The van der Waals surface area contributed by atoms with Gasteiger partial charge >= 0.3 is 18.2 Å². The normalized spacial score (nSPS) is 11.5. The van der Waals surface area contributed by atoms with Gasteiger partial charge in [0.05, 0.1) is 17.7 Å². The van der Waals surface area contributed by atoms with Crippen LogP contribution in [0.15, 0.2) is 35.1 Å². The van der Waals surface area contributed by atoms with Crippen molar-refractivity contribution in [3.63, 3.8) is 0 Å². The fourth-order valence-corrected chi connectivity index (χ4v) is 2.77. The zero-order chi connectivity index (χ0) is 22.1. The number of hydrogen-bond acceptors (Lipinski definition) is 6. The fraction of sp³-hybridized carbons (Fsp3) is 0.316. The third kappa shape index (κ3) is 4.39. The van der Waals surface area contributed by atoms with Gasteiger partial charge in [-0.25, -0.2) is 4.57 Å². The Labute approximate surface area is 168 Å². The number of fused-ring (bicyclic) bond motifs is 1. The number of carbonyl (C=O) groups excluding carboxylic acids is 1. The summed E-state index contributed by atoms with van der Waals surface area (Å²) < 4.78 is 54.8. The quantitative estimate of drug-likeness (QED) is 0.565. The number of aromatic nitrogens is 3. The number of aryl methyl sites for hydroxylation is 1. The first kappa shape index (κ1) is 21.2. The van der Waals surface area contributed by atoms with E-state index in [2.05, 4.69) is 9.72 Å². The maximum Gasteiger partial charge on any atom is 0.422 e. The molecule has 0 atom stereocenters. The van der Waals surface area contributed by atoms with Crippen molar-refractivity contribution in [3.05, 3.63) is 40.7 Å². The Kier molecular flexibility index (Phi) is 5.72. The molecule has 0 aliphatic rings. The lowest BCUT2D eigenvalue weighted by Crippen LogP contribution is -2.22. The molecule has 160 valence electrons. The SMILES string of the molecule is CCOc1nc2c(cc(OC(C)=O)n2C)c(=O)n1-c1ccc(OCC(F)(F)F)cc1. The van der Waals surface area contributed by atoms with Gasteiger partial charge < -0.3 is 14.2 Å². The van der Waals surface area contributed by atoms with E-state index < -0.39 is 24.3 Å². The van der Waals surface area contributed by atoms with E-state index >= 15 is 0 Å². The lowest BCUT2D eigenvalue weighted by molar-refractivity contribution is -0.153. The maximum absolute atomic E-state index is 13.1. The molecular formula is C19H18F3N3O5. The van der Waals surface area contributed by atoms with Gasteiger partial charge in [-0.3, -0.25) is 14.2 Å². The summed E-state index contributed by atoms with van der Waals surface area (Å²) in [6.45, 7) is 1.74. The molecule has 0 fully saturated rings. The number of alkyl halides is 3. The lowest BCUT2D eigenvalue weighted by Gasteiger charge is -2.13. The van der Waals surface area contributed by atoms with Crippen LogP contribution >= 0.6 is 0 Å². The molecule has 2 aromatic heterocycles. The average molecular weight is 425 g/mol. The molecule has 0 aliphatic heterocycles. The van der Waals surface area contributed by atoms with Gasteiger partial charge in [0.25, 0.3) is 5.56 Å². The van der Waals surface area contributed by atoms with Gasteiger partial charge in [-0.05, 0) is 31.2 Å². The van der Waals surface area contributed by atoms with Crippen LogP contribution in [0, 0.1) is 0 Å². The second kappa shape index (κ2) is 8.09. The summed E-state index contributed by atoms with van der Waals surface area (Å²) in [5.41, 5.74) is 0.0672. The Balaban J connectivity index is 2.08. The van der Waals surface area contributed by atoms with Crippen molar-refractivity contribution in [2.75, 3.05) is 13.2 Å². The molecular weight excluding hydrogens is 407 g/mol. The van der Waals surface area contributed by atoms with E-state index in [0.29, 0.717) is 5.69 Å². The topological polar surface area (TPSA) is 84.6 Å². The number of esters is 1. The first-order valence-corrected chi connectivity index (χ1v) is 8.84. The molecule has 0 bridgehead atoms. The van der Waals surface area contributed by atoms with Gasteiger partial charge in [0.1, 0.15) is 5.75 Å². The summed E-state index contributed by atoms with van der Waals surface area (Å²) in [6, 6.07) is 6.82. The van der Waals surface area contributed by atoms with Crippen LogP contribution in [-0.2, 0) is 11.8 Å². The molecule has 0 saturated heterocycles. The van der Waals surface area contributed by atoms with Crippen molar-refractivity contribution < 1.29 is 32.2 Å². The van der Waals surface area contributed by atoms with E-state index in [4.69, 9.17) is 9.47 Å². The van der Waals surface area contributed by atoms with E-state index in [1.165, 1.54) is 46.4 Å². The molecule has 0 unspecified atom stereocenters. The van der Waals surface area contributed by atoms with Gasteiger partial charge in [-0.1, -0.05) is 0 Å². The van der Waals surface area contributed by atoms with Gasteiger partial charge in [0, 0.05) is 20.0 Å². The Hall–Kier alpha value is -3.50. The zero-order valence-corrected chi connectivity index (χ0v) is 16.3. The first-order chi connectivity index (χ1) is 14.1. The molecule has 0 aliphatic carbocycles. The summed E-state index contributed by atoms with van der Waals surface area (Å²) in [6.07, 6.45) is -4.46. The minimum absolute atomic E-state index is 0.00650. The second-order valence-corrected chi connectivity index (χ2v) is 6.24. The predicted octanol–water partition coefficient (Wildman–Crippen LogP) is 2.99. The molecule has 8 nitrogen and oxygen atoms in total. The molecule has 30 heavy (non-hydrogen) atoms. The molecule has 2 heterocycles. The average Bonchev–Trinajstić information content (AvgIpc) is 2.96. The van der Waals surface area contributed by atoms with Crippen LogP contribution in [0.3, 0.4) is 0 Å². The standard InChI is InChI=1S/C19H18F3N3O5/c1-4-28-18-23-16-14(9-15(24(16)3)30-11(2)26)17(27)25(18)12-5-7-13(8-6-12)29-10-19(20,21)22/h5-9H,4,10H2,1-3H3. The van der Waals surface area contributed by atoms with Crippen molar-refractivity contribution in [1.82, 2.24) is 14.1 Å². The van der Waals surface area contributed by atoms with Crippen LogP contribution in [0.2, 0.25) is 0 Å². The van der Waals surface area contributed by atoms with Crippen LogP contribution in [0.4, 0.5) is 13.2 Å². The highest BCUT2D eigenvalue weighted by Crippen LogP contribution is 2.25. The fourth-order valence-electron chi connectivity index (χ4n) is 2.77. The van der Waals surface area contributed by atoms with E-state index in [0.717, 1.165) is 0 Å². The summed E-state index contributed by atoms with van der Waals surface area (Å²) in [5, 5.41) is 0.176. The molecule has 3 rings (SSSR count). The van der Waals surface area contributed by atoms with Gasteiger partial charge in [0.15, 0.2) is 12.3 Å². The van der Waals surface area contributed by atoms with Crippen LogP contribution < -0.4 is 19.8 Å². The Morgan fingerprint density at radius 3 is 2.40 bits per heavy atom. The van der Waals surface area contributed by atoms with Crippen molar-refractivity contribution >= 4 is 17.0 Å². The molecule has 0 N–H and O–H groups in total. The molecule has 3 aromatic rings. The van der Waals surface area contributed by atoms with E-state index in [-0.39, 0.29) is 35.3 Å². The molecule has 11 heteroatoms. The molecule has 1 aromatic carbocycles. The maximum atomic E-state index is 13.1. The lowest BCUT2D eigenvalue weighted by atomic mass is 10.3. The third-order valence-electron chi connectivity index (χ3n) is 4.00. The van der Waals surface area contributed by atoms with E-state index in [1.807, 2.05) is 0 Å². The smallest absolute Gasteiger partial charge is 0.422 e. The van der Waals surface area contributed by atoms with Gasteiger partial charge in [0.2, 0.25) is 5.88 Å². The largest absolute Gasteiger partial charge is 0.484 e. The summed E-state index contributed by atoms with van der Waals surface area (Å²) in [4.78, 5) is 28.8. The Bertz CT molecular complexity index is 1130. The van der Waals surface area contributed by atoms with Crippen molar-refractivity contribution in [3.8, 4) is 23.3 Å². The highest BCUT2D eigenvalue weighted by atomic mass is 19.4. The van der Waals surface area contributed by atoms with Crippen molar-refractivity contribution in [2.24, 2.45) is 7.05 Å². The minimum Gasteiger partial charge on any atom is -0.484 e. The monoisotopic (exact) mass is 425 g/mol. The van der Waals surface area contributed by atoms with Crippen molar-refractivity contribution in [1.29, 1.82) is 0 Å². The van der Waals surface area contributed by atoms with Crippen molar-refractivity contribution in [2.45, 2.75) is 20.0 Å². The number of carbonyl (C=O) groups is 1. The van der Waals surface area contributed by atoms with Crippen LogP contribution in [0.25, 0.3) is 16.7 Å². The molecule has 0 spiro atoms. The number of nitrogens with zero attached hydrogens (tertiary/aromatic N) is 3. The number of hydrogen-bond donors (Lipinski definition) is 0. The van der Waals surface area contributed by atoms with E-state index in [1.54, 1.807) is 14.0 Å². The minimum atomic E-state index is -4.46. The van der Waals surface area contributed by atoms with E-state index in [9.17, 15) is 22.8 Å². The number of ether oxygens (including phenoxy) is 3. The summed E-state index contributed by atoms with van der Waals surface area (Å²) in [5.74, 6) is -0.424. The van der Waals surface area contributed by atoms with Crippen LogP contribution in [-0.4, -0.2) is 39.5 Å². The molecule has 0 saturated carbocycles. The van der Waals surface area contributed by atoms with Crippen LogP contribution in [0.1, 0.15) is 13.8 Å².